The number of ether oxygens (including phenoxy) is 2. The van der Waals surface area contributed by atoms with Crippen molar-refractivity contribution in [3.05, 3.63) is 12.2 Å². The Morgan fingerprint density at radius 1 is 0.923 bits per heavy atom. The maximum Gasteiger partial charge on any atom is 0.314 e. The Labute approximate surface area is 233 Å². The summed E-state index contributed by atoms with van der Waals surface area (Å²) in [7, 11) is 2.86. The van der Waals surface area contributed by atoms with Gasteiger partial charge in [0.2, 0.25) is 0 Å². The topological polar surface area (TPSA) is 113 Å². The largest absolute Gasteiger partial charge is 0.469 e. The normalized spacial score (nSPS) is 49.4. The lowest BCUT2D eigenvalue weighted by atomic mass is 9.41. The summed E-state index contributed by atoms with van der Waals surface area (Å²) in [5, 5.41) is 33.1. The minimum Gasteiger partial charge on any atom is -0.469 e. The van der Waals surface area contributed by atoms with Gasteiger partial charge in [-0.3, -0.25) is 9.59 Å². The van der Waals surface area contributed by atoms with E-state index < -0.39 is 23.7 Å². The summed E-state index contributed by atoms with van der Waals surface area (Å²) in [4.78, 5) is 26.3. The molecule has 7 heteroatoms. The van der Waals surface area contributed by atoms with Crippen LogP contribution in [0, 0.1) is 50.7 Å². The molecule has 0 amide bonds. The summed E-state index contributed by atoms with van der Waals surface area (Å²) in [5.41, 5.74) is -0.800. The van der Waals surface area contributed by atoms with Gasteiger partial charge in [-0.1, -0.05) is 26.0 Å². The maximum atomic E-state index is 13.2. The van der Waals surface area contributed by atoms with Crippen LogP contribution in [0.3, 0.4) is 0 Å². The highest BCUT2D eigenvalue weighted by Gasteiger charge is 2.85. The van der Waals surface area contributed by atoms with Crippen molar-refractivity contribution in [1.82, 2.24) is 0 Å². The molecule has 2 spiro atoms. The Kier molecular flexibility index (Phi) is 6.92. The molecule has 5 fully saturated rings. The number of methoxy groups -OCH3 is 2. The number of aliphatic hydroxyl groups is 3. The zero-order chi connectivity index (χ0) is 28.8. The second-order valence-corrected chi connectivity index (χ2v) is 14.6. The lowest BCUT2D eigenvalue weighted by molar-refractivity contribution is -0.212. The fourth-order valence-electron chi connectivity index (χ4n) is 11.5. The minimum atomic E-state index is -1.01. The average Bonchev–Trinajstić information content (AvgIpc) is 3.52. The van der Waals surface area contributed by atoms with Crippen molar-refractivity contribution in [1.29, 1.82) is 0 Å². The predicted octanol–water partition coefficient (Wildman–Crippen LogP) is 4.42. The van der Waals surface area contributed by atoms with Gasteiger partial charge in [0, 0.05) is 11.8 Å². The molecule has 3 N–H and O–H groups in total. The number of fused-ring (bicyclic) bond motifs is 2. The van der Waals surface area contributed by atoms with Crippen molar-refractivity contribution in [2.24, 2.45) is 50.7 Å². The molecule has 5 saturated carbocycles. The van der Waals surface area contributed by atoms with Crippen molar-refractivity contribution in [2.45, 2.75) is 110 Å². The SMILES string of the molecule is C=C(C)[C@H](O)CC[C@@H](C(=O)OC)[C@H]1CC[C@@]2(C)[C@@H]3CC[C@H]4[C@](C)(C(=O)OC)[C@@H](O)C[C@H](O)[C@@]45C[C@@]35CC[C@]12C. The van der Waals surface area contributed by atoms with Gasteiger partial charge in [-0.25, -0.2) is 0 Å². The van der Waals surface area contributed by atoms with Crippen LogP contribution in [0.25, 0.3) is 0 Å². The molecule has 12 atom stereocenters. The molecule has 0 bridgehead atoms. The van der Waals surface area contributed by atoms with Crippen LogP contribution in [-0.4, -0.2) is 59.8 Å². The third-order valence-corrected chi connectivity index (χ3v) is 13.8. The van der Waals surface area contributed by atoms with E-state index in [1.165, 1.54) is 14.2 Å². The van der Waals surface area contributed by atoms with Gasteiger partial charge in [-0.2, -0.15) is 0 Å². The van der Waals surface area contributed by atoms with Gasteiger partial charge >= 0.3 is 11.9 Å². The van der Waals surface area contributed by atoms with E-state index in [9.17, 15) is 24.9 Å². The minimum absolute atomic E-state index is 0.0128. The van der Waals surface area contributed by atoms with Crippen molar-refractivity contribution < 1.29 is 34.4 Å². The van der Waals surface area contributed by atoms with Crippen LogP contribution >= 0.6 is 0 Å². The molecule has 0 saturated heterocycles. The van der Waals surface area contributed by atoms with Crippen LogP contribution in [-0.2, 0) is 19.1 Å². The molecule has 0 radical (unpaired) electrons. The second-order valence-electron chi connectivity index (χ2n) is 14.6. The molecule has 0 aromatic carbocycles. The number of carbonyl (C=O) groups is 2. The molecule has 0 aliphatic heterocycles. The van der Waals surface area contributed by atoms with Crippen LogP contribution in [0.4, 0.5) is 0 Å². The lowest BCUT2D eigenvalue weighted by Crippen LogP contribution is -2.63. The Bertz CT molecular complexity index is 1040. The van der Waals surface area contributed by atoms with E-state index in [2.05, 4.69) is 20.4 Å². The Morgan fingerprint density at radius 3 is 2.21 bits per heavy atom. The summed E-state index contributed by atoms with van der Waals surface area (Å²) < 4.78 is 10.5. The average molecular weight is 547 g/mol. The molecular weight excluding hydrogens is 496 g/mol. The second kappa shape index (κ2) is 9.29. The van der Waals surface area contributed by atoms with E-state index >= 15 is 0 Å². The van der Waals surface area contributed by atoms with Crippen molar-refractivity contribution >= 4 is 11.9 Å². The molecule has 0 heterocycles. The molecule has 7 nitrogen and oxygen atoms in total. The van der Waals surface area contributed by atoms with E-state index in [-0.39, 0.29) is 57.8 Å². The molecule has 39 heavy (non-hydrogen) atoms. The van der Waals surface area contributed by atoms with Gasteiger partial charge in [0.1, 0.15) is 0 Å². The van der Waals surface area contributed by atoms with Crippen LogP contribution < -0.4 is 0 Å². The van der Waals surface area contributed by atoms with Gasteiger partial charge in [0.15, 0.2) is 0 Å². The van der Waals surface area contributed by atoms with Gasteiger partial charge in [-0.15, -0.1) is 0 Å². The highest BCUT2D eigenvalue weighted by Crippen LogP contribution is 2.89. The van der Waals surface area contributed by atoms with E-state index in [0.29, 0.717) is 24.3 Å². The van der Waals surface area contributed by atoms with Gasteiger partial charge in [0.05, 0.1) is 43.9 Å². The Balaban J connectivity index is 1.47. The smallest absolute Gasteiger partial charge is 0.314 e. The Hall–Kier alpha value is -1.44. The van der Waals surface area contributed by atoms with Crippen LogP contribution in [0.2, 0.25) is 0 Å². The fraction of sp³-hybridized carbons (Fsp3) is 0.875. The summed E-state index contributed by atoms with van der Waals surface area (Å²) in [6.45, 7) is 12.4. The number of hydrogen-bond donors (Lipinski definition) is 3. The molecule has 5 aliphatic rings. The highest BCUT2D eigenvalue weighted by molar-refractivity contribution is 5.78. The summed E-state index contributed by atoms with van der Waals surface area (Å²) in [5.74, 6) is -0.378. The molecule has 0 aromatic heterocycles. The Morgan fingerprint density at radius 2 is 1.59 bits per heavy atom. The number of hydrogen-bond acceptors (Lipinski definition) is 7. The number of carbonyl (C=O) groups excluding carboxylic acids is 2. The summed E-state index contributed by atoms with van der Waals surface area (Å²) >= 11 is 0. The van der Waals surface area contributed by atoms with E-state index in [0.717, 1.165) is 44.9 Å². The molecule has 5 rings (SSSR count). The predicted molar refractivity (Wildman–Crippen MR) is 146 cm³/mol. The number of rotatable bonds is 7. The van der Waals surface area contributed by atoms with E-state index in [1.807, 2.05) is 13.8 Å². The molecule has 5 aliphatic carbocycles. The number of esters is 2. The molecule has 0 unspecified atom stereocenters. The highest BCUT2D eigenvalue weighted by atomic mass is 16.5. The first kappa shape index (κ1) is 29.1. The number of aliphatic hydroxyl groups excluding tert-OH is 3. The van der Waals surface area contributed by atoms with Crippen molar-refractivity contribution in [3.8, 4) is 0 Å². The standard InChI is InChI=1S/C32H50O7/c1-18(2)21(33)9-8-19(26(36)38-6)20-12-13-29(4)22-10-11-23-30(5,27(37)39-7)24(34)16-25(35)32(23)17-31(22,32)15-14-28(20,29)3/h19-25,33-35H,1,8-17H2,2-7H3/t19-,20-,21-,22+,23+,24+,25+,28-,29+,30+,31+,32-/m1/s1. The first-order valence-corrected chi connectivity index (χ1v) is 15.1. The van der Waals surface area contributed by atoms with E-state index in [1.54, 1.807) is 0 Å². The zero-order valence-corrected chi connectivity index (χ0v) is 24.8. The van der Waals surface area contributed by atoms with Crippen molar-refractivity contribution in [3.63, 3.8) is 0 Å². The summed E-state index contributed by atoms with van der Waals surface area (Å²) in [6.07, 6.45) is 5.64. The lowest BCUT2D eigenvalue weighted by Gasteiger charge is -2.63. The molecule has 0 aromatic rings. The molecule has 220 valence electrons. The van der Waals surface area contributed by atoms with Crippen LogP contribution in [0.15, 0.2) is 12.2 Å². The first-order valence-electron chi connectivity index (χ1n) is 15.1. The fourth-order valence-corrected chi connectivity index (χ4v) is 11.5. The molecular formula is C32H50O7. The van der Waals surface area contributed by atoms with E-state index in [4.69, 9.17) is 9.47 Å². The van der Waals surface area contributed by atoms with Crippen molar-refractivity contribution in [2.75, 3.05) is 14.2 Å². The monoisotopic (exact) mass is 546 g/mol. The van der Waals surface area contributed by atoms with Crippen LogP contribution in [0.5, 0.6) is 0 Å². The maximum absolute atomic E-state index is 13.2. The quantitative estimate of drug-likeness (QED) is 0.320. The van der Waals surface area contributed by atoms with Gasteiger partial charge < -0.3 is 24.8 Å². The van der Waals surface area contributed by atoms with Gasteiger partial charge in [0.25, 0.3) is 0 Å². The third-order valence-electron chi connectivity index (χ3n) is 13.8. The first-order chi connectivity index (χ1) is 18.2. The van der Waals surface area contributed by atoms with Gasteiger partial charge in [-0.05, 0) is 106 Å². The van der Waals surface area contributed by atoms with Crippen LogP contribution in [0.1, 0.15) is 91.9 Å². The zero-order valence-electron chi connectivity index (χ0n) is 24.8. The third kappa shape index (κ3) is 3.51. The summed E-state index contributed by atoms with van der Waals surface area (Å²) in [6, 6.07) is 0.